The molecule has 0 radical (unpaired) electrons. The summed E-state index contributed by atoms with van der Waals surface area (Å²) in [7, 11) is 1.78. The lowest BCUT2D eigenvalue weighted by molar-refractivity contribution is 0.660. The fraction of sp³-hybridized carbons (Fsp3) is 0.389. The second-order valence-corrected chi connectivity index (χ2v) is 6.93. The second kappa shape index (κ2) is 8.11. The first-order valence-electron chi connectivity index (χ1n) is 8.51. The van der Waals surface area contributed by atoms with Crippen LogP contribution in [-0.4, -0.2) is 34.1 Å². The van der Waals surface area contributed by atoms with Gasteiger partial charge in [-0.2, -0.15) is 0 Å². The molecule has 0 aliphatic heterocycles. The summed E-state index contributed by atoms with van der Waals surface area (Å²) >= 11 is 1.74. The van der Waals surface area contributed by atoms with Crippen molar-refractivity contribution in [3.8, 4) is 0 Å². The number of thiazole rings is 1. The molecule has 132 valence electrons. The van der Waals surface area contributed by atoms with Crippen molar-refractivity contribution in [3.05, 3.63) is 46.2 Å². The highest BCUT2D eigenvalue weighted by Gasteiger charge is 2.07. The number of imidazole rings is 1. The lowest BCUT2D eigenvalue weighted by Crippen LogP contribution is -2.38. The van der Waals surface area contributed by atoms with E-state index < -0.39 is 0 Å². The molecule has 0 atom stereocenters. The smallest absolute Gasteiger partial charge is 0.191 e. The Morgan fingerprint density at radius 3 is 2.88 bits per heavy atom. The van der Waals surface area contributed by atoms with E-state index in [2.05, 4.69) is 43.2 Å². The van der Waals surface area contributed by atoms with Gasteiger partial charge in [0.05, 0.1) is 17.6 Å². The molecule has 6 nitrogen and oxygen atoms in total. The lowest BCUT2D eigenvalue weighted by atomic mass is 10.3. The zero-order valence-electron chi connectivity index (χ0n) is 14.9. The molecule has 25 heavy (non-hydrogen) atoms. The number of rotatable bonds is 6. The van der Waals surface area contributed by atoms with Gasteiger partial charge in [-0.1, -0.05) is 19.1 Å². The third-order valence-electron chi connectivity index (χ3n) is 4.05. The van der Waals surface area contributed by atoms with Crippen molar-refractivity contribution in [1.29, 1.82) is 0 Å². The summed E-state index contributed by atoms with van der Waals surface area (Å²) in [6, 6.07) is 8.22. The van der Waals surface area contributed by atoms with Gasteiger partial charge in [-0.3, -0.25) is 4.99 Å². The number of benzene rings is 1. The number of fused-ring (bicyclic) bond motifs is 1. The van der Waals surface area contributed by atoms with Crippen molar-refractivity contribution in [3.63, 3.8) is 0 Å². The van der Waals surface area contributed by atoms with Crippen molar-refractivity contribution < 1.29 is 0 Å². The van der Waals surface area contributed by atoms with E-state index in [9.17, 15) is 0 Å². The van der Waals surface area contributed by atoms with Gasteiger partial charge in [-0.15, -0.1) is 11.3 Å². The van der Waals surface area contributed by atoms with Gasteiger partial charge in [0.1, 0.15) is 10.8 Å². The number of nitrogens with zero attached hydrogens (tertiary/aromatic N) is 4. The largest absolute Gasteiger partial charge is 0.355 e. The second-order valence-electron chi connectivity index (χ2n) is 5.73. The summed E-state index contributed by atoms with van der Waals surface area (Å²) in [5, 5.41) is 7.75. The van der Waals surface area contributed by atoms with Gasteiger partial charge in [-0.05, 0) is 25.5 Å². The minimum Gasteiger partial charge on any atom is -0.355 e. The number of hydrogen-bond acceptors (Lipinski definition) is 4. The maximum absolute atomic E-state index is 4.60. The summed E-state index contributed by atoms with van der Waals surface area (Å²) < 4.78 is 2.23. The first-order valence-corrected chi connectivity index (χ1v) is 9.33. The molecule has 0 aliphatic carbocycles. The van der Waals surface area contributed by atoms with Crippen molar-refractivity contribution in [2.24, 2.45) is 4.99 Å². The zero-order valence-corrected chi connectivity index (χ0v) is 15.7. The molecule has 7 heteroatoms. The van der Waals surface area contributed by atoms with Crippen LogP contribution in [0.25, 0.3) is 11.0 Å². The van der Waals surface area contributed by atoms with Gasteiger partial charge in [0.2, 0.25) is 0 Å². The van der Waals surface area contributed by atoms with E-state index >= 15 is 0 Å². The predicted octanol–water partition coefficient (Wildman–Crippen LogP) is 2.73. The van der Waals surface area contributed by atoms with Gasteiger partial charge < -0.3 is 15.2 Å². The fourth-order valence-corrected chi connectivity index (χ4v) is 3.54. The summed E-state index contributed by atoms with van der Waals surface area (Å²) in [6.45, 7) is 6.49. The molecule has 0 unspecified atom stereocenters. The molecule has 0 saturated heterocycles. The number of aromatic nitrogens is 3. The van der Waals surface area contributed by atoms with Crippen molar-refractivity contribution in [2.45, 2.75) is 33.4 Å². The summed E-state index contributed by atoms with van der Waals surface area (Å²) in [6.07, 6.45) is 2.98. The maximum Gasteiger partial charge on any atom is 0.191 e. The Morgan fingerprint density at radius 1 is 1.28 bits per heavy atom. The van der Waals surface area contributed by atoms with Gasteiger partial charge in [-0.25, -0.2) is 9.97 Å². The predicted molar refractivity (Wildman–Crippen MR) is 104 cm³/mol. The molecular weight excluding hydrogens is 332 g/mol. The van der Waals surface area contributed by atoms with Crippen LogP contribution in [0.4, 0.5) is 0 Å². The average Bonchev–Trinajstić information content (AvgIpc) is 3.22. The summed E-state index contributed by atoms with van der Waals surface area (Å²) in [4.78, 5) is 14.6. The molecule has 2 N–H and O–H groups in total. The Balaban J connectivity index is 1.53. The molecule has 0 saturated carbocycles. The third kappa shape index (κ3) is 4.17. The van der Waals surface area contributed by atoms with Gasteiger partial charge in [0.25, 0.3) is 0 Å². The molecular formula is C18H24N6S. The quantitative estimate of drug-likeness (QED) is 0.526. The van der Waals surface area contributed by atoms with Crippen LogP contribution in [0.3, 0.4) is 0 Å². The van der Waals surface area contributed by atoms with Crippen LogP contribution < -0.4 is 10.6 Å². The number of aryl methyl sites for hydroxylation is 2. The monoisotopic (exact) mass is 356 g/mol. The minimum absolute atomic E-state index is 0.692. The fourth-order valence-electron chi connectivity index (χ4n) is 2.74. The van der Waals surface area contributed by atoms with Crippen LogP contribution in [0, 0.1) is 6.92 Å². The standard InChI is InChI=1S/C18H24N6S/c1-4-14-11-21-17(25-14)12-22-18(19-3)20-9-10-24-13(2)23-15-7-5-6-8-16(15)24/h5-8,11H,4,9-10,12H2,1-3H3,(H2,19,20,22). The van der Waals surface area contributed by atoms with Crippen molar-refractivity contribution in [2.75, 3.05) is 13.6 Å². The molecule has 0 bridgehead atoms. The molecule has 1 aromatic carbocycles. The van der Waals surface area contributed by atoms with Crippen LogP contribution in [0.5, 0.6) is 0 Å². The Labute approximate surface area is 152 Å². The van der Waals surface area contributed by atoms with E-state index in [4.69, 9.17) is 0 Å². The molecule has 3 rings (SSSR count). The molecule has 2 aromatic heterocycles. The highest BCUT2D eigenvalue weighted by Crippen LogP contribution is 2.15. The van der Waals surface area contributed by atoms with Crippen molar-refractivity contribution in [1.82, 2.24) is 25.2 Å². The Hall–Kier alpha value is -2.41. The third-order valence-corrected chi connectivity index (χ3v) is 5.20. The van der Waals surface area contributed by atoms with Crippen molar-refractivity contribution >= 4 is 28.3 Å². The van der Waals surface area contributed by atoms with Gasteiger partial charge in [0.15, 0.2) is 5.96 Å². The van der Waals surface area contributed by atoms with E-state index in [1.54, 1.807) is 18.4 Å². The summed E-state index contributed by atoms with van der Waals surface area (Å²) in [5.41, 5.74) is 2.21. The molecule has 0 spiro atoms. The lowest BCUT2D eigenvalue weighted by Gasteiger charge is -2.12. The van der Waals surface area contributed by atoms with E-state index in [-0.39, 0.29) is 0 Å². The normalized spacial score (nSPS) is 11.9. The van der Waals surface area contributed by atoms with Crippen LogP contribution >= 0.6 is 11.3 Å². The molecule has 2 heterocycles. The van der Waals surface area contributed by atoms with E-state index in [1.165, 1.54) is 10.4 Å². The van der Waals surface area contributed by atoms with E-state index in [0.29, 0.717) is 6.54 Å². The SMILES string of the molecule is CCc1cnc(CNC(=NC)NCCn2c(C)nc3ccccc32)s1. The van der Waals surface area contributed by atoms with Crippen LogP contribution in [-0.2, 0) is 19.5 Å². The van der Waals surface area contributed by atoms with Gasteiger partial charge in [0, 0.05) is 31.2 Å². The zero-order chi connectivity index (χ0) is 17.6. The highest BCUT2D eigenvalue weighted by molar-refractivity contribution is 7.11. The first-order chi connectivity index (χ1) is 12.2. The maximum atomic E-state index is 4.60. The molecule has 0 fully saturated rings. The number of nitrogens with one attached hydrogen (secondary N) is 2. The Morgan fingerprint density at radius 2 is 2.12 bits per heavy atom. The van der Waals surface area contributed by atoms with Crippen LogP contribution in [0.15, 0.2) is 35.5 Å². The highest BCUT2D eigenvalue weighted by atomic mass is 32.1. The van der Waals surface area contributed by atoms with Crippen LogP contribution in [0.1, 0.15) is 22.6 Å². The van der Waals surface area contributed by atoms with Gasteiger partial charge >= 0.3 is 0 Å². The number of hydrogen-bond donors (Lipinski definition) is 2. The van der Waals surface area contributed by atoms with E-state index in [1.807, 2.05) is 31.3 Å². The molecule has 0 amide bonds. The first kappa shape index (κ1) is 17.4. The number of para-hydroxylation sites is 2. The Bertz CT molecular complexity index is 863. The van der Waals surface area contributed by atoms with E-state index in [0.717, 1.165) is 41.8 Å². The average molecular weight is 356 g/mol. The molecule has 3 aromatic rings. The van der Waals surface area contributed by atoms with Crippen LogP contribution in [0.2, 0.25) is 0 Å². The Kier molecular flexibility index (Phi) is 5.65. The molecule has 0 aliphatic rings. The minimum atomic E-state index is 0.692. The number of aliphatic imine (C=N–C) groups is 1. The topological polar surface area (TPSA) is 67.1 Å². The number of guanidine groups is 1. The summed E-state index contributed by atoms with van der Waals surface area (Å²) in [5.74, 6) is 1.82.